The van der Waals surface area contributed by atoms with Crippen LogP contribution in [0.25, 0.3) is 0 Å². The van der Waals surface area contributed by atoms with Crippen molar-refractivity contribution in [2.75, 3.05) is 0 Å². The molecule has 0 spiro atoms. The minimum absolute atomic E-state index is 0.0958. The first-order chi connectivity index (χ1) is 6.54. The molecule has 1 aromatic rings. The maximum Gasteiger partial charge on any atom is 0.163 e. The molecule has 0 saturated heterocycles. The first kappa shape index (κ1) is 9.80. The zero-order valence-electron chi connectivity index (χ0n) is 7.63. The summed E-state index contributed by atoms with van der Waals surface area (Å²) < 4.78 is 0.759. The zero-order valence-corrected chi connectivity index (χ0v) is 9.21. The highest BCUT2D eigenvalue weighted by Gasteiger charge is 2.38. The van der Waals surface area contributed by atoms with Crippen LogP contribution >= 0.6 is 15.9 Å². The SMILES string of the molecule is NC1(c2c(Br)ccc(O)c2O)CCC1. The van der Waals surface area contributed by atoms with Crippen molar-refractivity contribution in [1.29, 1.82) is 0 Å². The molecule has 1 aliphatic rings. The molecule has 1 aliphatic carbocycles. The van der Waals surface area contributed by atoms with Gasteiger partial charge in [0.05, 0.1) is 0 Å². The van der Waals surface area contributed by atoms with E-state index < -0.39 is 5.54 Å². The zero-order chi connectivity index (χ0) is 10.3. The topological polar surface area (TPSA) is 66.5 Å². The molecule has 4 heteroatoms. The molecule has 0 atom stereocenters. The van der Waals surface area contributed by atoms with Gasteiger partial charge in [0.1, 0.15) is 0 Å². The predicted octanol–water partition coefficient (Wildman–Crippen LogP) is 2.20. The lowest BCUT2D eigenvalue weighted by atomic mass is 9.72. The van der Waals surface area contributed by atoms with Crippen LogP contribution in [0.4, 0.5) is 0 Å². The van der Waals surface area contributed by atoms with Crippen molar-refractivity contribution < 1.29 is 10.2 Å². The number of phenolic OH excluding ortho intramolecular Hbond substituents is 2. The van der Waals surface area contributed by atoms with Crippen LogP contribution in [0, 0.1) is 0 Å². The molecule has 0 radical (unpaired) electrons. The highest BCUT2D eigenvalue weighted by Crippen LogP contribution is 2.48. The van der Waals surface area contributed by atoms with Crippen molar-refractivity contribution in [2.45, 2.75) is 24.8 Å². The van der Waals surface area contributed by atoms with Crippen molar-refractivity contribution >= 4 is 15.9 Å². The van der Waals surface area contributed by atoms with E-state index in [0.29, 0.717) is 5.56 Å². The largest absolute Gasteiger partial charge is 0.504 e. The standard InChI is InChI=1S/C10H12BrNO2/c11-6-2-3-7(13)9(14)8(6)10(12)4-1-5-10/h2-3,13-14H,1,4-5,12H2. The Hall–Kier alpha value is -0.740. The summed E-state index contributed by atoms with van der Waals surface area (Å²) in [6, 6.07) is 3.16. The minimum atomic E-state index is -0.471. The van der Waals surface area contributed by atoms with Gasteiger partial charge in [-0.15, -0.1) is 0 Å². The molecular formula is C10H12BrNO2. The number of hydrogen-bond acceptors (Lipinski definition) is 3. The first-order valence-corrected chi connectivity index (χ1v) is 5.34. The molecule has 1 saturated carbocycles. The van der Waals surface area contributed by atoms with E-state index >= 15 is 0 Å². The lowest BCUT2D eigenvalue weighted by Gasteiger charge is -2.39. The third-order valence-electron chi connectivity index (χ3n) is 2.85. The molecule has 0 aromatic heterocycles. The molecule has 3 nitrogen and oxygen atoms in total. The Balaban J connectivity index is 2.56. The van der Waals surface area contributed by atoms with E-state index in [4.69, 9.17) is 5.73 Å². The van der Waals surface area contributed by atoms with Crippen molar-refractivity contribution in [3.8, 4) is 11.5 Å². The van der Waals surface area contributed by atoms with Gasteiger partial charge < -0.3 is 15.9 Å². The fourth-order valence-electron chi connectivity index (χ4n) is 1.84. The highest BCUT2D eigenvalue weighted by molar-refractivity contribution is 9.10. The number of nitrogens with two attached hydrogens (primary N) is 1. The third-order valence-corrected chi connectivity index (χ3v) is 3.51. The summed E-state index contributed by atoms with van der Waals surface area (Å²) >= 11 is 3.34. The quantitative estimate of drug-likeness (QED) is 0.676. The molecule has 2 rings (SSSR count). The Morgan fingerprint density at radius 1 is 1.29 bits per heavy atom. The Morgan fingerprint density at radius 3 is 2.43 bits per heavy atom. The Kier molecular flexibility index (Phi) is 2.20. The van der Waals surface area contributed by atoms with Gasteiger partial charge in [-0.05, 0) is 31.4 Å². The summed E-state index contributed by atoms with van der Waals surface area (Å²) in [5.74, 6) is -0.207. The van der Waals surface area contributed by atoms with Gasteiger partial charge in [0, 0.05) is 15.6 Å². The van der Waals surface area contributed by atoms with E-state index in [2.05, 4.69) is 15.9 Å². The van der Waals surface area contributed by atoms with Crippen LogP contribution in [0.1, 0.15) is 24.8 Å². The molecule has 0 heterocycles. The van der Waals surface area contributed by atoms with Gasteiger partial charge in [-0.1, -0.05) is 15.9 Å². The second-order valence-electron chi connectivity index (χ2n) is 3.80. The summed E-state index contributed by atoms with van der Waals surface area (Å²) in [5, 5.41) is 19.1. The van der Waals surface area contributed by atoms with Crippen molar-refractivity contribution in [1.82, 2.24) is 0 Å². The van der Waals surface area contributed by atoms with E-state index in [0.717, 1.165) is 23.7 Å². The molecular weight excluding hydrogens is 246 g/mol. The van der Waals surface area contributed by atoms with Crippen molar-refractivity contribution in [3.05, 3.63) is 22.2 Å². The summed E-state index contributed by atoms with van der Waals surface area (Å²) in [7, 11) is 0. The lowest BCUT2D eigenvalue weighted by molar-refractivity contribution is 0.242. The molecule has 76 valence electrons. The van der Waals surface area contributed by atoms with Gasteiger partial charge in [0.2, 0.25) is 0 Å². The normalized spacial score (nSPS) is 19.0. The van der Waals surface area contributed by atoms with Crippen LogP contribution in [-0.4, -0.2) is 10.2 Å². The van der Waals surface area contributed by atoms with Gasteiger partial charge in [0.25, 0.3) is 0 Å². The molecule has 4 N–H and O–H groups in total. The van der Waals surface area contributed by atoms with E-state index in [9.17, 15) is 10.2 Å². The smallest absolute Gasteiger partial charge is 0.163 e. The number of hydrogen-bond donors (Lipinski definition) is 3. The van der Waals surface area contributed by atoms with Gasteiger partial charge in [-0.3, -0.25) is 0 Å². The van der Waals surface area contributed by atoms with Gasteiger partial charge >= 0.3 is 0 Å². The Morgan fingerprint density at radius 2 is 1.93 bits per heavy atom. The second kappa shape index (κ2) is 3.14. The van der Waals surface area contributed by atoms with Crippen molar-refractivity contribution in [3.63, 3.8) is 0 Å². The van der Waals surface area contributed by atoms with E-state index in [1.807, 2.05) is 0 Å². The monoisotopic (exact) mass is 257 g/mol. The third kappa shape index (κ3) is 1.29. The van der Waals surface area contributed by atoms with E-state index in [1.54, 1.807) is 6.07 Å². The van der Waals surface area contributed by atoms with Gasteiger partial charge in [-0.2, -0.15) is 0 Å². The molecule has 14 heavy (non-hydrogen) atoms. The summed E-state index contributed by atoms with van der Waals surface area (Å²) in [5.41, 5.74) is 6.25. The number of aromatic hydroxyl groups is 2. The maximum absolute atomic E-state index is 9.72. The number of benzene rings is 1. The van der Waals surface area contributed by atoms with Gasteiger partial charge in [0.15, 0.2) is 11.5 Å². The second-order valence-corrected chi connectivity index (χ2v) is 4.65. The lowest BCUT2D eigenvalue weighted by Crippen LogP contribution is -2.43. The van der Waals surface area contributed by atoms with Crippen molar-refractivity contribution in [2.24, 2.45) is 5.73 Å². The Bertz CT molecular complexity index is 375. The Labute approximate surface area is 90.7 Å². The number of halogens is 1. The highest BCUT2D eigenvalue weighted by atomic mass is 79.9. The van der Waals surface area contributed by atoms with E-state index in [1.165, 1.54) is 6.07 Å². The predicted molar refractivity (Wildman–Crippen MR) is 57.2 cm³/mol. The minimum Gasteiger partial charge on any atom is -0.504 e. The van der Waals surface area contributed by atoms with Crippen LogP contribution in [0.15, 0.2) is 16.6 Å². The molecule has 1 fully saturated rings. The average Bonchev–Trinajstić information content (AvgIpc) is 2.09. The number of rotatable bonds is 1. The fraction of sp³-hybridized carbons (Fsp3) is 0.400. The van der Waals surface area contributed by atoms with Crippen LogP contribution in [0.3, 0.4) is 0 Å². The fourth-order valence-corrected chi connectivity index (χ4v) is 2.55. The summed E-state index contributed by atoms with van der Waals surface area (Å²) in [4.78, 5) is 0. The first-order valence-electron chi connectivity index (χ1n) is 4.54. The molecule has 0 unspecified atom stereocenters. The van der Waals surface area contributed by atoms with Crippen LogP contribution < -0.4 is 5.73 Å². The molecule has 0 bridgehead atoms. The van der Waals surface area contributed by atoms with Gasteiger partial charge in [-0.25, -0.2) is 0 Å². The number of phenols is 2. The van der Waals surface area contributed by atoms with Crippen LogP contribution in [0.5, 0.6) is 11.5 Å². The molecule has 0 amide bonds. The molecule has 1 aromatic carbocycles. The van der Waals surface area contributed by atoms with E-state index in [-0.39, 0.29) is 11.5 Å². The summed E-state index contributed by atoms with van der Waals surface area (Å²) in [6.07, 6.45) is 2.77. The van der Waals surface area contributed by atoms with Crippen LogP contribution in [0.2, 0.25) is 0 Å². The molecule has 0 aliphatic heterocycles. The summed E-state index contributed by atoms with van der Waals surface area (Å²) in [6.45, 7) is 0. The van der Waals surface area contributed by atoms with Crippen LogP contribution in [-0.2, 0) is 5.54 Å². The maximum atomic E-state index is 9.72. The average molecular weight is 258 g/mol.